The van der Waals surface area contributed by atoms with Gasteiger partial charge in [0.2, 0.25) is 5.91 Å². The monoisotopic (exact) mass is 493 g/mol. The van der Waals surface area contributed by atoms with Crippen LogP contribution in [0, 0.1) is 5.92 Å². The Hall–Kier alpha value is -2.40. The van der Waals surface area contributed by atoms with Crippen molar-refractivity contribution in [3.63, 3.8) is 0 Å². The van der Waals surface area contributed by atoms with E-state index in [2.05, 4.69) is 92.0 Å². The van der Waals surface area contributed by atoms with Crippen LogP contribution in [0.15, 0.2) is 65.4 Å². The Bertz CT molecular complexity index is 1070. The third kappa shape index (κ3) is 3.92. The van der Waals surface area contributed by atoms with Gasteiger partial charge in [-0.15, -0.1) is 0 Å². The third-order valence-electron chi connectivity index (χ3n) is 6.70. The summed E-state index contributed by atoms with van der Waals surface area (Å²) in [5.41, 5.74) is 3.16. The van der Waals surface area contributed by atoms with E-state index in [4.69, 9.17) is 0 Å². The molecule has 0 aliphatic carbocycles. The predicted octanol–water partition coefficient (Wildman–Crippen LogP) is 6.48. The summed E-state index contributed by atoms with van der Waals surface area (Å²) in [4.78, 5) is 19.9. The van der Waals surface area contributed by atoms with Crippen LogP contribution in [0.25, 0.3) is 11.4 Å². The van der Waals surface area contributed by atoms with Crippen LogP contribution in [-0.4, -0.2) is 33.4 Å². The smallest absolute Gasteiger partial charge is 0.222 e. The minimum absolute atomic E-state index is 0.268. The SMILES string of the molecule is CC.CC1CCCN(C(=O)CCC2(c3ccc(Br)cc3)c3ccccc3-c3nccn32)C1. The van der Waals surface area contributed by atoms with E-state index in [0.717, 1.165) is 41.8 Å². The number of benzene rings is 2. The number of piperidine rings is 1. The number of amides is 1. The van der Waals surface area contributed by atoms with Gasteiger partial charge in [-0.2, -0.15) is 0 Å². The van der Waals surface area contributed by atoms with Gasteiger partial charge in [-0.25, -0.2) is 4.98 Å². The van der Waals surface area contributed by atoms with Crippen LogP contribution in [0.5, 0.6) is 0 Å². The summed E-state index contributed by atoms with van der Waals surface area (Å²) in [5.74, 6) is 1.84. The number of rotatable bonds is 4. The first-order valence-electron chi connectivity index (χ1n) is 11.8. The number of carbonyl (C=O) groups is 1. The fourth-order valence-corrected chi connectivity index (χ4v) is 5.53. The van der Waals surface area contributed by atoms with Crippen LogP contribution in [-0.2, 0) is 10.3 Å². The summed E-state index contributed by atoms with van der Waals surface area (Å²) in [6.45, 7) is 8.02. The lowest BCUT2D eigenvalue weighted by Crippen LogP contribution is -2.41. The standard InChI is InChI=1S/C25H26BrN3O.C2H6/c1-18-5-4-15-28(17-18)23(30)12-13-25(19-8-10-20(26)11-9-19)22-7-3-2-6-21(22)24-27-14-16-29(24)25;1-2/h2-3,6-11,14,16,18H,4-5,12-13,15,17H2,1H3;1-2H3. The van der Waals surface area contributed by atoms with Crippen LogP contribution in [0.3, 0.4) is 0 Å². The first-order chi connectivity index (χ1) is 15.6. The van der Waals surface area contributed by atoms with E-state index in [0.29, 0.717) is 12.3 Å². The largest absolute Gasteiger partial charge is 0.342 e. The van der Waals surface area contributed by atoms with Crippen molar-refractivity contribution >= 4 is 21.8 Å². The van der Waals surface area contributed by atoms with E-state index >= 15 is 0 Å². The Kier molecular flexibility index (Phi) is 6.85. The van der Waals surface area contributed by atoms with Crippen molar-refractivity contribution in [2.75, 3.05) is 13.1 Å². The van der Waals surface area contributed by atoms with Crippen molar-refractivity contribution in [2.45, 2.75) is 52.0 Å². The molecule has 5 rings (SSSR count). The van der Waals surface area contributed by atoms with E-state index < -0.39 is 5.54 Å². The lowest BCUT2D eigenvalue weighted by atomic mass is 9.79. The summed E-state index contributed by atoms with van der Waals surface area (Å²) < 4.78 is 3.32. The highest BCUT2D eigenvalue weighted by Crippen LogP contribution is 2.49. The fraction of sp³-hybridized carbons (Fsp3) is 0.407. The van der Waals surface area contributed by atoms with Gasteiger partial charge >= 0.3 is 0 Å². The van der Waals surface area contributed by atoms with E-state index in [1.165, 1.54) is 17.5 Å². The maximum Gasteiger partial charge on any atom is 0.222 e. The molecule has 3 heterocycles. The topological polar surface area (TPSA) is 38.1 Å². The van der Waals surface area contributed by atoms with Crippen LogP contribution >= 0.6 is 15.9 Å². The van der Waals surface area contributed by atoms with E-state index in [-0.39, 0.29) is 5.91 Å². The molecule has 5 heteroatoms. The number of likely N-dealkylation sites (tertiary alicyclic amines) is 1. The molecule has 2 unspecified atom stereocenters. The van der Waals surface area contributed by atoms with Crippen molar-refractivity contribution in [1.82, 2.24) is 14.5 Å². The molecule has 2 atom stereocenters. The van der Waals surface area contributed by atoms with Crippen LogP contribution in [0.2, 0.25) is 0 Å². The molecule has 0 radical (unpaired) electrons. The zero-order chi connectivity index (χ0) is 22.7. The van der Waals surface area contributed by atoms with Gasteiger partial charge in [-0.1, -0.05) is 73.1 Å². The van der Waals surface area contributed by atoms with Gasteiger partial charge in [-0.05, 0) is 48.4 Å². The zero-order valence-corrected chi connectivity index (χ0v) is 20.8. The summed E-state index contributed by atoms with van der Waals surface area (Å²) in [6, 6.07) is 17.0. The van der Waals surface area contributed by atoms with Crippen molar-refractivity contribution in [2.24, 2.45) is 5.92 Å². The summed E-state index contributed by atoms with van der Waals surface area (Å²) in [6.07, 6.45) is 7.50. The zero-order valence-electron chi connectivity index (χ0n) is 19.2. The summed E-state index contributed by atoms with van der Waals surface area (Å²) in [7, 11) is 0. The van der Waals surface area contributed by atoms with Crippen molar-refractivity contribution < 1.29 is 4.79 Å². The minimum Gasteiger partial charge on any atom is -0.342 e. The molecule has 0 N–H and O–H groups in total. The van der Waals surface area contributed by atoms with Crippen LogP contribution in [0.1, 0.15) is 57.6 Å². The molecule has 2 aromatic carbocycles. The number of hydrogen-bond acceptors (Lipinski definition) is 2. The number of carbonyl (C=O) groups excluding carboxylic acids is 1. The van der Waals surface area contributed by atoms with Gasteiger partial charge in [0.05, 0.1) is 5.54 Å². The Morgan fingerprint density at radius 1 is 1.16 bits per heavy atom. The lowest BCUT2D eigenvalue weighted by molar-refractivity contribution is -0.133. The van der Waals surface area contributed by atoms with Crippen molar-refractivity contribution in [1.29, 1.82) is 0 Å². The molecule has 0 saturated carbocycles. The lowest BCUT2D eigenvalue weighted by Gasteiger charge is -2.35. The van der Waals surface area contributed by atoms with Gasteiger partial charge in [0.1, 0.15) is 5.82 Å². The molecule has 0 bridgehead atoms. The third-order valence-corrected chi connectivity index (χ3v) is 7.23. The maximum absolute atomic E-state index is 13.2. The fourth-order valence-electron chi connectivity index (χ4n) is 5.26. The highest BCUT2D eigenvalue weighted by Gasteiger charge is 2.45. The highest BCUT2D eigenvalue weighted by atomic mass is 79.9. The van der Waals surface area contributed by atoms with Crippen molar-refractivity contribution in [3.05, 3.63) is 76.5 Å². The van der Waals surface area contributed by atoms with Gasteiger partial charge in [-0.3, -0.25) is 4.79 Å². The second-order valence-electron chi connectivity index (χ2n) is 8.62. The van der Waals surface area contributed by atoms with Crippen LogP contribution < -0.4 is 0 Å². The predicted molar refractivity (Wildman–Crippen MR) is 134 cm³/mol. The van der Waals surface area contributed by atoms with Crippen LogP contribution in [0.4, 0.5) is 0 Å². The number of hydrogen-bond donors (Lipinski definition) is 0. The average molecular weight is 494 g/mol. The summed E-state index contributed by atoms with van der Waals surface area (Å²) in [5, 5.41) is 0. The van der Waals surface area contributed by atoms with E-state index in [1.807, 2.05) is 20.0 Å². The number of nitrogens with zero attached hydrogens (tertiary/aromatic N) is 3. The van der Waals surface area contributed by atoms with E-state index in [9.17, 15) is 4.79 Å². The molecular formula is C27H32BrN3O. The second kappa shape index (κ2) is 9.62. The van der Waals surface area contributed by atoms with Gasteiger partial charge in [0, 0.05) is 41.9 Å². The van der Waals surface area contributed by atoms with Gasteiger partial charge < -0.3 is 9.47 Å². The molecule has 4 nitrogen and oxygen atoms in total. The number of imidazole rings is 1. The van der Waals surface area contributed by atoms with E-state index in [1.54, 1.807) is 0 Å². The molecule has 168 valence electrons. The first-order valence-corrected chi connectivity index (χ1v) is 12.6. The number of aromatic nitrogens is 2. The number of halogens is 1. The maximum atomic E-state index is 13.2. The van der Waals surface area contributed by atoms with Crippen molar-refractivity contribution in [3.8, 4) is 11.4 Å². The molecule has 1 saturated heterocycles. The molecular weight excluding hydrogens is 462 g/mol. The van der Waals surface area contributed by atoms with Gasteiger partial charge in [0.25, 0.3) is 0 Å². The first kappa shape index (κ1) is 22.8. The molecule has 3 aromatic rings. The average Bonchev–Trinajstić information content (AvgIpc) is 3.41. The highest BCUT2D eigenvalue weighted by molar-refractivity contribution is 9.10. The Morgan fingerprint density at radius 3 is 2.66 bits per heavy atom. The molecule has 2 aliphatic heterocycles. The molecule has 1 fully saturated rings. The molecule has 1 amide bonds. The molecule has 0 spiro atoms. The Labute approximate surface area is 199 Å². The molecule has 32 heavy (non-hydrogen) atoms. The quantitative estimate of drug-likeness (QED) is 0.416. The Morgan fingerprint density at radius 2 is 1.91 bits per heavy atom. The second-order valence-corrected chi connectivity index (χ2v) is 9.54. The minimum atomic E-state index is -0.416. The molecule has 2 aliphatic rings. The Balaban J connectivity index is 0.00000119. The van der Waals surface area contributed by atoms with Gasteiger partial charge in [0.15, 0.2) is 0 Å². The molecule has 1 aromatic heterocycles. The number of fused-ring (bicyclic) bond motifs is 3. The normalized spacial score (nSPS) is 21.4. The summed E-state index contributed by atoms with van der Waals surface area (Å²) >= 11 is 3.57.